The van der Waals surface area contributed by atoms with Gasteiger partial charge in [0, 0.05) is 0 Å². The van der Waals surface area contributed by atoms with E-state index < -0.39 is 95.4 Å². The normalized spacial score (nSPS) is 23.8. The average Bonchev–Trinajstić information content (AvgIpc) is 0.972. The lowest BCUT2D eigenvalue weighted by atomic mass is 9.79. The van der Waals surface area contributed by atoms with Gasteiger partial charge < -0.3 is 60.9 Å². The maximum Gasteiger partial charge on any atom is 0.494 e. The molecule has 8 aromatic carbocycles. The molecule has 17 heteroatoms. The SMILES string of the molecule is CC1(C)OB(c2ccc(OS(=O)(=O)C[C@@H]3OC(COCc4ccccc4)[C@@H](O[C@@H]4OC(COCc5ccccc5)[C@H](OCc5ccccc5)[C@H](OCc5ccccc5)C4OCc4ccccc4)[C@H](OCc4ccccc4)C3OCc3ccccc3)cc2)OC1(C)C. The van der Waals surface area contributed by atoms with Gasteiger partial charge in [-0.25, -0.2) is 0 Å². The molecule has 10 atom stereocenters. The third kappa shape index (κ3) is 18.2. The van der Waals surface area contributed by atoms with Gasteiger partial charge in [0.1, 0.15) is 66.4 Å². The predicted octanol–water partition coefficient (Wildman–Crippen LogP) is 11.9. The van der Waals surface area contributed by atoms with Crippen LogP contribution >= 0.6 is 0 Å². The minimum absolute atomic E-state index is 0.0547. The average molecular weight is 1250 g/mol. The van der Waals surface area contributed by atoms with Gasteiger partial charge in [-0.1, -0.05) is 224 Å². The maximum absolute atomic E-state index is 14.8. The van der Waals surface area contributed by atoms with E-state index in [1.807, 2.05) is 240 Å². The lowest BCUT2D eigenvalue weighted by Crippen LogP contribution is -2.66. The Hall–Kier alpha value is -6.91. The first-order valence-corrected chi connectivity index (χ1v) is 32.7. The smallest absolute Gasteiger partial charge is 0.399 e. The Labute approximate surface area is 536 Å². The van der Waals surface area contributed by atoms with Gasteiger partial charge in [0.25, 0.3) is 0 Å². The minimum atomic E-state index is -4.48. The second-order valence-electron chi connectivity index (χ2n) is 24.1. The number of hydrogen-bond donors (Lipinski definition) is 0. The molecule has 11 rings (SSSR count). The van der Waals surface area contributed by atoms with Crippen molar-refractivity contribution in [3.63, 3.8) is 0 Å². The molecule has 4 unspecified atom stereocenters. The Morgan fingerprint density at radius 1 is 0.363 bits per heavy atom. The first-order valence-electron chi connectivity index (χ1n) is 31.2. The maximum atomic E-state index is 14.8. The van der Waals surface area contributed by atoms with Crippen molar-refractivity contribution in [3.05, 3.63) is 276 Å². The van der Waals surface area contributed by atoms with Crippen LogP contribution in [0.1, 0.15) is 66.6 Å². The number of rotatable bonds is 30. The summed E-state index contributed by atoms with van der Waals surface area (Å²) in [6, 6.07) is 75.5. The quantitative estimate of drug-likeness (QED) is 0.0310. The first-order chi connectivity index (χ1) is 44.3. The molecule has 0 amide bonds. The third-order valence-corrected chi connectivity index (χ3v) is 18.0. The van der Waals surface area contributed by atoms with Crippen LogP contribution in [0.4, 0.5) is 0 Å². The van der Waals surface area contributed by atoms with Crippen molar-refractivity contribution in [2.24, 2.45) is 0 Å². The lowest BCUT2D eigenvalue weighted by molar-refractivity contribution is -0.362. The zero-order valence-corrected chi connectivity index (χ0v) is 52.8. The standard InChI is InChI=1S/C74H81BO15S/c1-73(2)74(3,4)90-75(89-73)61-40-42-62(43-41-61)88-91(76,77)53-65-67(81-47-57-32-18-8-19-33-57)69(82-48-58-34-20-9-21-35-58)68(64(85-65)52-79-45-55-28-14-6-15-29-55)87-72-71(84-50-60-38-24-11-25-39-60)70(83-49-59-36-22-10-23-37-59)66(80-46-56-30-16-7-17-31-56)63(86-72)51-78-44-54-26-12-5-13-27-54/h5-43,63-72H,44-53H2,1-4H3/t63?,64?,65-,66-,67?,68+,69+,70-,71?,72-/m0/s1. The summed E-state index contributed by atoms with van der Waals surface area (Å²) < 4.78 is 119. The molecule has 0 bridgehead atoms. The summed E-state index contributed by atoms with van der Waals surface area (Å²) in [5.41, 5.74) is 5.91. The van der Waals surface area contributed by atoms with E-state index in [2.05, 4.69) is 0 Å². The fourth-order valence-electron chi connectivity index (χ4n) is 11.3. The van der Waals surface area contributed by atoms with Crippen LogP contribution in [0.3, 0.4) is 0 Å². The molecule has 3 saturated heterocycles. The van der Waals surface area contributed by atoms with Gasteiger partial charge in [0.05, 0.1) is 70.7 Å². The zero-order valence-electron chi connectivity index (χ0n) is 52.0. The van der Waals surface area contributed by atoms with E-state index in [1.165, 1.54) is 0 Å². The van der Waals surface area contributed by atoms with Crippen LogP contribution in [-0.4, -0.2) is 107 Å². The van der Waals surface area contributed by atoms with Crippen LogP contribution in [0.15, 0.2) is 237 Å². The lowest BCUT2D eigenvalue weighted by Gasteiger charge is -2.50. The van der Waals surface area contributed by atoms with Crippen molar-refractivity contribution >= 4 is 22.7 Å². The van der Waals surface area contributed by atoms with Crippen molar-refractivity contribution < 1.29 is 69.3 Å². The van der Waals surface area contributed by atoms with Gasteiger partial charge in [0.15, 0.2) is 6.29 Å². The highest BCUT2D eigenvalue weighted by Gasteiger charge is 2.56. The molecule has 0 N–H and O–H groups in total. The molecule has 3 aliphatic rings. The molecule has 3 fully saturated rings. The van der Waals surface area contributed by atoms with E-state index in [1.54, 1.807) is 24.3 Å². The highest BCUT2D eigenvalue weighted by Crippen LogP contribution is 2.39. The molecule has 3 heterocycles. The van der Waals surface area contributed by atoms with Gasteiger partial charge in [-0.2, -0.15) is 8.42 Å². The topological polar surface area (TPSA) is 154 Å². The number of ether oxygens (including phenoxy) is 10. The van der Waals surface area contributed by atoms with E-state index >= 15 is 0 Å². The summed E-state index contributed by atoms with van der Waals surface area (Å²) in [5.74, 6) is -0.565. The third-order valence-electron chi connectivity index (χ3n) is 16.8. The van der Waals surface area contributed by atoms with E-state index in [-0.39, 0.29) is 65.2 Å². The van der Waals surface area contributed by atoms with Gasteiger partial charge in [-0.15, -0.1) is 0 Å². The Balaban J connectivity index is 0.984. The number of benzene rings is 8. The van der Waals surface area contributed by atoms with E-state index in [0.717, 1.165) is 38.9 Å². The van der Waals surface area contributed by atoms with Crippen LogP contribution in [0.25, 0.3) is 0 Å². The largest absolute Gasteiger partial charge is 0.494 e. The number of hydrogen-bond acceptors (Lipinski definition) is 15. The highest BCUT2D eigenvalue weighted by atomic mass is 32.2. The summed E-state index contributed by atoms with van der Waals surface area (Å²) in [7, 11) is -5.15. The molecule has 91 heavy (non-hydrogen) atoms. The second kappa shape index (κ2) is 31.6. The molecule has 0 aromatic heterocycles. The molecule has 3 aliphatic heterocycles. The van der Waals surface area contributed by atoms with E-state index in [0.29, 0.717) is 5.46 Å². The van der Waals surface area contributed by atoms with E-state index in [4.69, 9.17) is 60.9 Å². The molecule has 0 radical (unpaired) electrons. The molecule has 8 aromatic rings. The fraction of sp³-hybridized carbons (Fsp3) is 0.351. The second-order valence-corrected chi connectivity index (χ2v) is 25.7. The van der Waals surface area contributed by atoms with Gasteiger partial charge in [-0.3, -0.25) is 0 Å². The first kappa shape index (κ1) is 65.6. The van der Waals surface area contributed by atoms with Gasteiger partial charge in [-0.05, 0) is 84.2 Å². The van der Waals surface area contributed by atoms with Crippen LogP contribution < -0.4 is 9.65 Å². The minimum Gasteiger partial charge on any atom is -0.399 e. The fourth-order valence-corrected chi connectivity index (χ4v) is 12.4. The van der Waals surface area contributed by atoms with E-state index in [9.17, 15) is 8.42 Å². The Morgan fingerprint density at radius 2 is 0.681 bits per heavy atom. The van der Waals surface area contributed by atoms with Crippen molar-refractivity contribution in [3.8, 4) is 5.75 Å². The van der Waals surface area contributed by atoms with Gasteiger partial charge >= 0.3 is 17.2 Å². The molecular formula is C74H81BO15S. The Morgan fingerprint density at radius 3 is 1.07 bits per heavy atom. The summed E-state index contributed by atoms with van der Waals surface area (Å²) in [6.45, 7) is 9.06. The van der Waals surface area contributed by atoms with Crippen LogP contribution in [-0.2, 0) is 113 Å². The molecule has 15 nitrogen and oxygen atoms in total. The van der Waals surface area contributed by atoms with Gasteiger partial charge in [0.2, 0.25) is 0 Å². The van der Waals surface area contributed by atoms with Crippen LogP contribution in [0.2, 0.25) is 0 Å². The Kier molecular flexibility index (Phi) is 22.8. The van der Waals surface area contributed by atoms with Crippen molar-refractivity contribution in [1.82, 2.24) is 0 Å². The predicted molar refractivity (Wildman–Crippen MR) is 346 cm³/mol. The summed E-state index contributed by atoms with van der Waals surface area (Å²) >= 11 is 0. The molecular weight excluding hydrogens is 1170 g/mol. The molecule has 0 aliphatic carbocycles. The summed E-state index contributed by atoms with van der Waals surface area (Å²) in [6.07, 6.45) is -10.3. The molecule has 476 valence electrons. The van der Waals surface area contributed by atoms with Crippen molar-refractivity contribution in [2.45, 2.75) is 146 Å². The summed E-state index contributed by atoms with van der Waals surface area (Å²) in [4.78, 5) is 0. The summed E-state index contributed by atoms with van der Waals surface area (Å²) in [5, 5.41) is 0. The van der Waals surface area contributed by atoms with Crippen LogP contribution in [0, 0.1) is 0 Å². The van der Waals surface area contributed by atoms with Crippen molar-refractivity contribution in [1.29, 1.82) is 0 Å². The monoisotopic (exact) mass is 1250 g/mol. The van der Waals surface area contributed by atoms with Crippen LogP contribution in [0.5, 0.6) is 5.75 Å². The highest BCUT2D eigenvalue weighted by molar-refractivity contribution is 7.87. The Bertz CT molecular complexity index is 3510. The molecule has 0 saturated carbocycles. The van der Waals surface area contributed by atoms with Crippen molar-refractivity contribution in [2.75, 3.05) is 19.0 Å². The molecule has 0 spiro atoms. The zero-order chi connectivity index (χ0) is 62.9.